The van der Waals surface area contributed by atoms with Crippen LogP contribution in [0.2, 0.25) is 0 Å². The van der Waals surface area contributed by atoms with Crippen molar-refractivity contribution in [3.8, 4) is 11.5 Å². The molecule has 0 radical (unpaired) electrons. The van der Waals surface area contributed by atoms with Gasteiger partial charge < -0.3 is 34.2 Å². The van der Waals surface area contributed by atoms with Gasteiger partial charge in [0.05, 0.1) is 18.6 Å². The van der Waals surface area contributed by atoms with Gasteiger partial charge in [-0.2, -0.15) is 0 Å². The summed E-state index contributed by atoms with van der Waals surface area (Å²) in [6.45, 7) is 20.2. The summed E-state index contributed by atoms with van der Waals surface area (Å²) in [5.74, 6) is -1.30. The highest BCUT2D eigenvalue weighted by Gasteiger charge is 2.31. The van der Waals surface area contributed by atoms with E-state index in [1.807, 2.05) is 48.5 Å². The number of carbonyl (C=O) groups is 4. The van der Waals surface area contributed by atoms with Gasteiger partial charge in [-0.25, -0.2) is 9.59 Å². The van der Waals surface area contributed by atoms with Crippen molar-refractivity contribution in [3.63, 3.8) is 0 Å². The van der Waals surface area contributed by atoms with E-state index in [1.165, 1.54) is 12.1 Å². The fourth-order valence-corrected chi connectivity index (χ4v) is 2.91. The molecule has 2 N–H and O–H groups in total. The highest BCUT2D eigenvalue weighted by molar-refractivity contribution is 5.77. The fourth-order valence-electron chi connectivity index (χ4n) is 2.91. The van der Waals surface area contributed by atoms with Gasteiger partial charge in [-0.15, -0.1) is 0 Å². The maximum absolute atomic E-state index is 12.7. The maximum atomic E-state index is 12.7. The van der Waals surface area contributed by atoms with E-state index in [0.29, 0.717) is 12.0 Å². The third-order valence-corrected chi connectivity index (χ3v) is 6.09. The van der Waals surface area contributed by atoms with Crippen molar-refractivity contribution in [1.82, 2.24) is 0 Å². The van der Waals surface area contributed by atoms with Gasteiger partial charge in [0, 0.05) is 0 Å². The second-order valence-corrected chi connectivity index (χ2v) is 13.5. The van der Waals surface area contributed by atoms with Gasteiger partial charge in [-0.1, -0.05) is 54.5 Å². The Balaban J connectivity index is 3.00. The van der Waals surface area contributed by atoms with Crippen molar-refractivity contribution in [1.29, 1.82) is 0 Å². The van der Waals surface area contributed by atoms with Gasteiger partial charge in [0.25, 0.3) is 0 Å². The van der Waals surface area contributed by atoms with Crippen molar-refractivity contribution < 1.29 is 47.6 Å². The number of hydrogen-bond acceptors (Lipinski definition) is 11. The summed E-state index contributed by atoms with van der Waals surface area (Å²) in [7, 11) is 0. The lowest BCUT2D eigenvalue weighted by Gasteiger charge is -2.27. The predicted octanol–water partition coefficient (Wildman–Crippen LogP) is 5.98. The third kappa shape index (κ3) is 13.5. The Morgan fingerprint density at radius 3 is 1.71 bits per heavy atom. The van der Waals surface area contributed by atoms with Gasteiger partial charge >= 0.3 is 24.2 Å². The largest absolute Gasteiger partial charge is 0.513 e. The maximum Gasteiger partial charge on any atom is 0.513 e. The molecule has 1 unspecified atom stereocenters. The van der Waals surface area contributed by atoms with Gasteiger partial charge in [0.2, 0.25) is 0 Å². The second-order valence-electron chi connectivity index (χ2n) is 13.5. The highest BCUT2D eigenvalue weighted by Crippen LogP contribution is 2.30. The highest BCUT2D eigenvalue weighted by atomic mass is 16.7. The lowest BCUT2D eigenvalue weighted by Crippen LogP contribution is -2.40. The minimum atomic E-state index is -1.09. The van der Waals surface area contributed by atoms with E-state index >= 15 is 0 Å². The Bertz CT molecular complexity index is 1080. The first-order valence-electron chi connectivity index (χ1n) is 14.1. The predicted molar refractivity (Wildman–Crippen MR) is 156 cm³/mol. The van der Waals surface area contributed by atoms with E-state index in [1.54, 1.807) is 33.8 Å². The van der Waals surface area contributed by atoms with E-state index in [0.717, 1.165) is 0 Å². The Kier molecular flexibility index (Phi) is 13.3. The van der Waals surface area contributed by atoms with Crippen LogP contribution in [-0.4, -0.2) is 55.7 Å². The molecule has 0 saturated heterocycles. The van der Waals surface area contributed by atoms with Crippen molar-refractivity contribution >= 4 is 24.2 Å². The van der Waals surface area contributed by atoms with E-state index in [9.17, 15) is 19.2 Å². The smallest absolute Gasteiger partial charge is 0.458 e. The molecule has 1 aromatic carbocycles. The minimum Gasteiger partial charge on any atom is -0.458 e. The Morgan fingerprint density at radius 2 is 1.24 bits per heavy atom. The van der Waals surface area contributed by atoms with Crippen LogP contribution in [0.25, 0.3) is 0 Å². The molecular formula is C31H49NO10. The molecule has 0 fully saturated rings. The average Bonchev–Trinajstić information content (AvgIpc) is 2.86. The zero-order valence-electron chi connectivity index (χ0n) is 27.0. The summed E-state index contributed by atoms with van der Waals surface area (Å²) in [6, 6.07) is 3.29. The van der Waals surface area contributed by atoms with Crippen LogP contribution in [0.15, 0.2) is 18.2 Å². The first-order chi connectivity index (χ1) is 19.1. The Morgan fingerprint density at radius 1 is 0.762 bits per heavy atom. The summed E-state index contributed by atoms with van der Waals surface area (Å²) < 4.78 is 31.9. The molecule has 0 bridgehead atoms. The van der Waals surface area contributed by atoms with Crippen LogP contribution in [-0.2, 0) is 35.0 Å². The summed E-state index contributed by atoms with van der Waals surface area (Å²) in [5, 5.41) is 0. The van der Waals surface area contributed by atoms with Crippen molar-refractivity contribution in [2.24, 2.45) is 22.0 Å². The van der Waals surface area contributed by atoms with Crippen LogP contribution < -0.4 is 15.2 Å². The molecule has 42 heavy (non-hydrogen) atoms. The lowest BCUT2D eigenvalue weighted by molar-refractivity contribution is -0.172. The molecule has 1 rings (SSSR count). The Labute approximate surface area is 249 Å². The number of benzene rings is 1. The van der Waals surface area contributed by atoms with Gasteiger partial charge in [-0.3, -0.25) is 9.59 Å². The van der Waals surface area contributed by atoms with Crippen LogP contribution in [0.5, 0.6) is 11.5 Å². The average molecular weight is 596 g/mol. The van der Waals surface area contributed by atoms with Crippen LogP contribution in [0, 0.1) is 16.2 Å². The van der Waals surface area contributed by atoms with Crippen molar-refractivity contribution in [3.05, 3.63) is 23.8 Å². The van der Waals surface area contributed by atoms with E-state index < -0.39 is 41.9 Å². The second kappa shape index (κ2) is 15.2. The van der Waals surface area contributed by atoms with Crippen LogP contribution >= 0.6 is 0 Å². The molecule has 0 aromatic heterocycles. The van der Waals surface area contributed by atoms with Gasteiger partial charge in [0.15, 0.2) is 11.5 Å². The minimum absolute atomic E-state index is 0.00470. The molecule has 238 valence electrons. The van der Waals surface area contributed by atoms with E-state index in [2.05, 4.69) is 0 Å². The topological polar surface area (TPSA) is 150 Å². The standard InChI is InChI=1S/C31H49NO10/c1-12-31(10,11)26(34)40-20(3)19(2)39-25(33)22(32)15-21-13-14-23(41-27(35)37-17-29(4,5)6)24(16-21)42-28(36)38-18-30(7,8)9/h13-14,16,19-20,22H,12,15,17-18,32H2,1-11H3/t19-,20?,22-/m0/s1. The molecule has 0 aliphatic heterocycles. The van der Waals surface area contributed by atoms with Crippen LogP contribution in [0.4, 0.5) is 9.59 Å². The van der Waals surface area contributed by atoms with Gasteiger partial charge in [0.1, 0.15) is 18.2 Å². The van der Waals surface area contributed by atoms with Crippen molar-refractivity contribution in [2.75, 3.05) is 13.2 Å². The quantitative estimate of drug-likeness (QED) is 0.173. The monoisotopic (exact) mass is 595 g/mol. The molecule has 0 amide bonds. The number of esters is 2. The summed E-state index contributed by atoms with van der Waals surface area (Å²) in [5.41, 5.74) is 5.36. The summed E-state index contributed by atoms with van der Waals surface area (Å²) in [6.07, 6.45) is -2.80. The molecule has 0 aliphatic carbocycles. The number of rotatable bonds is 12. The molecule has 11 nitrogen and oxygen atoms in total. The third-order valence-electron chi connectivity index (χ3n) is 6.09. The zero-order valence-corrected chi connectivity index (χ0v) is 27.0. The molecule has 1 aromatic rings. The fraction of sp³-hybridized carbons (Fsp3) is 0.677. The first kappa shape index (κ1) is 36.7. The zero-order chi connectivity index (χ0) is 32.5. The van der Waals surface area contributed by atoms with Gasteiger partial charge in [-0.05, 0) is 69.1 Å². The molecule has 3 atom stereocenters. The number of nitrogens with two attached hydrogens (primary N) is 1. The number of ether oxygens (including phenoxy) is 6. The number of hydrogen-bond donors (Lipinski definition) is 1. The first-order valence-corrected chi connectivity index (χ1v) is 14.1. The summed E-state index contributed by atoms with van der Waals surface area (Å²) >= 11 is 0. The Hall–Kier alpha value is -3.34. The van der Waals surface area contributed by atoms with E-state index in [-0.39, 0.29) is 47.9 Å². The molecular weight excluding hydrogens is 546 g/mol. The molecule has 0 spiro atoms. The molecule has 0 aliphatic rings. The SMILES string of the molecule is CCC(C)(C)C(=O)OC(C)[C@H](C)OC(=O)[C@@H](N)Cc1ccc(OC(=O)OCC(C)(C)C)c(OC(=O)OCC(C)(C)C)c1. The summed E-state index contributed by atoms with van der Waals surface area (Å²) in [4.78, 5) is 49.8. The molecule has 0 heterocycles. The van der Waals surface area contributed by atoms with E-state index in [4.69, 9.17) is 34.2 Å². The van der Waals surface area contributed by atoms with Crippen LogP contribution in [0.1, 0.15) is 88.1 Å². The molecule has 11 heteroatoms. The van der Waals surface area contributed by atoms with Crippen molar-refractivity contribution in [2.45, 2.75) is 107 Å². The number of carbonyl (C=O) groups excluding carboxylic acids is 4. The van der Waals surface area contributed by atoms with Crippen LogP contribution in [0.3, 0.4) is 0 Å². The lowest BCUT2D eigenvalue weighted by atomic mass is 9.90. The molecule has 0 saturated carbocycles. The normalized spacial score (nSPS) is 14.2.